The predicted molar refractivity (Wildman–Crippen MR) is 61.8 cm³/mol. The molecule has 0 aliphatic carbocycles. The maximum atomic E-state index is 6.03. The zero-order valence-corrected chi connectivity index (χ0v) is 10.0. The van der Waals surface area contributed by atoms with Gasteiger partial charge in [-0.2, -0.15) is 0 Å². The minimum Gasteiger partial charge on any atom is -0.381 e. The monoisotopic (exact) mass is 212 g/mol. The van der Waals surface area contributed by atoms with Gasteiger partial charge in [-0.15, -0.1) is 0 Å². The number of nitrogens with zero attached hydrogens (tertiary/aromatic N) is 1. The molecule has 0 bridgehead atoms. The van der Waals surface area contributed by atoms with Crippen LogP contribution in [0.3, 0.4) is 0 Å². The van der Waals surface area contributed by atoms with Crippen molar-refractivity contribution in [2.75, 3.05) is 26.3 Å². The molecule has 0 aromatic rings. The molecule has 2 rings (SSSR count). The van der Waals surface area contributed by atoms with Crippen molar-refractivity contribution in [3.8, 4) is 0 Å². The summed E-state index contributed by atoms with van der Waals surface area (Å²) < 4.78 is 5.47. The van der Waals surface area contributed by atoms with E-state index in [1.807, 2.05) is 0 Å². The lowest BCUT2D eigenvalue weighted by Gasteiger charge is -2.46. The van der Waals surface area contributed by atoms with Crippen LogP contribution in [0, 0.1) is 5.92 Å². The summed E-state index contributed by atoms with van der Waals surface area (Å²) in [6, 6.07) is 0.696. The molecule has 2 unspecified atom stereocenters. The molecule has 0 saturated carbocycles. The summed E-state index contributed by atoms with van der Waals surface area (Å²) in [5.41, 5.74) is 6.27. The third-order valence-corrected chi connectivity index (χ3v) is 4.20. The third-order valence-electron chi connectivity index (χ3n) is 4.20. The average molecular weight is 212 g/mol. The fourth-order valence-corrected chi connectivity index (χ4v) is 3.32. The van der Waals surface area contributed by atoms with E-state index < -0.39 is 0 Å². The Morgan fingerprint density at radius 3 is 2.47 bits per heavy atom. The van der Waals surface area contributed by atoms with Gasteiger partial charge in [0.25, 0.3) is 0 Å². The number of likely N-dealkylation sites (tertiary alicyclic amines) is 1. The van der Waals surface area contributed by atoms with Crippen LogP contribution in [0.5, 0.6) is 0 Å². The van der Waals surface area contributed by atoms with E-state index in [0.717, 1.165) is 38.5 Å². The highest BCUT2D eigenvalue weighted by Crippen LogP contribution is 2.35. The molecule has 0 amide bonds. The van der Waals surface area contributed by atoms with Gasteiger partial charge in [-0.3, -0.25) is 4.90 Å². The SMILES string of the molecule is CC1CC(C)N(C2(CN)CCOCC2)C1. The Balaban J connectivity index is 2.10. The van der Waals surface area contributed by atoms with Gasteiger partial charge in [-0.1, -0.05) is 6.92 Å². The van der Waals surface area contributed by atoms with Gasteiger partial charge in [0, 0.05) is 37.9 Å². The van der Waals surface area contributed by atoms with Gasteiger partial charge in [-0.05, 0) is 32.1 Å². The van der Waals surface area contributed by atoms with E-state index >= 15 is 0 Å². The Kier molecular flexibility index (Phi) is 3.33. The summed E-state index contributed by atoms with van der Waals surface area (Å²) in [5, 5.41) is 0. The zero-order valence-electron chi connectivity index (χ0n) is 10.0. The number of hydrogen-bond donors (Lipinski definition) is 1. The minimum absolute atomic E-state index is 0.239. The molecule has 0 aromatic heterocycles. The zero-order chi connectivity index (χ0) is 10.9. The highest BCUT2D eigenvalue weighted by molar-refractivity contribution is 4.99. The summed E-state index contributed by atoms with van der Waals surface area (Å²) >= 11 is 0. The van der Waals surface area contributed by atoms with Crippen LogP contribution in [0.25, 0.3) is 0 Å². The molecule has 0 radical (unpaired) electrons. The molecule has 2 N–H and O–H groups in total. The van der Waals surface area contributed by atoms with Crippen molar-refractivity contribution in [3.05, 3.63) is 0 Å². The van der Waals surface area contributed by atoms with Crippen LogP contribution >= 0.6 is 0 Å². The Hall–Kier alpha value is -0.120. The predicted octanol–water partition coefficient (Wildman–Crippen LogP) is 1.22. The third kappa shape index (κ3) is 2.05. The molecular weight excluding hydrogens is 188 g/mol. The summed E-state index contributed by atoms with van der Waals surface area (Å²) in [6.45, 7) is 8.46. The first-order valence-electron chi connectivity index (χ1n) is 6.22. The normalized spacial score (nSPS) is 37.0. The van der Waals surface area contributed by atoms with Crippen LogP contribution in [0.1, 0.15) is 33.1 Å². The van der Waals surface area contributed by atoms with E-state index in [2.05, 4.69) is 18.7 Å². The van der Waals surface area contributed by atoms with Gasteiger partial charge in [-0.25, -0.2) is 0 Å². The minimum atomic E-state index is 0.239. The maximum absolute atomic E-state index is 6.03. The molecular formula is C12H24N2O. The fraction of sp³-hybridized carbons (Fsp3) is 1.00. The fourth-order valence-electron chi connectivity index (χ4n) is 3.32. The lowest BCUT2D eigenvalue weighted by Crippen LogP contribution is -2.58. The average Bonchev–Trinajstić information content (AvgIpc) is 2.59. The van der Waals surface area contributed by atoms with Crippen LogP contribution < -0.4 is 5.73 Å². The van der Waals surface area contributed by atoms with Crippen molar-refractivity contribution in [2.24, 2.45) is 11.7 Å². The number of rotatable bonds is 2. The van der Waals surface area contributed by atoms with Crippen LogP contribution in [0.15, 0.2) is 0 Å². The molecule has 2 aliphatic heterocycles. The van der Waals surface area contributed by atoms with Crippen molar-refractivity contribution in [1.82, 2.24) is 4.90 Å². The van der Waals surface area contributed by atoms with E-state index in [-0.39, 0.29) is 5.54 Å². The maximum Gasteiger partial charge on any atom is 0.0484 e. The molecule has 15 heavy (non-hydrogen) atoms. The number of ether oxygens (including phenoxy) is 1. The van der Waals surface area contributed by atoms with E-state index in [9.17, 15) is 0 Å². The number of hydrogen-bond acceptors (Lipinski definition) is 3. The molecule has 2 fully saturated rings. The second-order valence-corrected chi connectivity index (χ2v) is 5.38. The van der Waals surface area contributed by atoms with Gasteiger partial charge < -0.3 is 10.5 Å². The molecule has 2 heterocycles. The Morgan fingerprint density at radius 2 is 2.00 bits per heavy atom. The molecule has 0 aromatic carbocycles. The van der Waals surface area contributed by atoms with E-state index in [0.29, 0.717) is 6.04 Å². The van der Waals surface area contributed by atoms with Crippen molar-refractivity contribution >= 4 is 0 Å². The van der Waals surface area contributed by atoms with E-state index in [1.165, 1.54) is 13.0 Å². The standard InChI is InChI=1S/C12H24N2O/c1-10-7-11(2)14(8-10)12(9-13)3-5-15-6-4-12/h10-11H,3-9,13H2,1-2H3. The first-order chi connectivity index (χ1) is 7.18. The molecule has 2 saturated heterocycles. The topological polar surface area (TPSA) is 38.5 Å². The van der Waals surface area contributed by atoms with Crippen LogP contribution in [0.4, 0.5) is 0 Å². The smallest absolute Gasteiger partial charge is 0.0484 e. The second kappa shape index (κ2) is 4.40. The van der Waals surface area contributed by atoms with Crippen molar-refractivity contribution in [3.63, 3.8) is 0 Å². The van der Waals surface area contributed by atoms with Crippen LogP contribution in [-0.2, 0) is 4.74 Å². The van der Waals surface area contributed by atoms with Gasteiger partial charge in [0.05, 0.1) is 0 Å². The molecule has 3 nitrogen and oxygen atoms in total. The molecule has 3 heteroatoms. The summed E-state index contributed by atoms with van der Waals surface area (Å²) in [6.07, 6.45) is 3.55. The molecule has 2 atom stereocenters. The van der Waals surface area contributed by atoms with Crippen molar-refractivity contribution < 1.29 is 4.74 Å². The summed E-state index contributed by atoms with van der Waals surface area (Å²) in [4.78, 5) is 2.65. The lowest BCUT2D eigenvalue weighted by atomic mass is 9.87. The highest BCUT2D eigenvalue weighted by atomic mass is 16.5. The van der Waals surface area contributed by atoms with Crippen molar-refractivity contribution in [2.45, 2.75) is 44.7 Å². The Bertz CT molecular complexity index is 214. The second-order valence-electron chi connectivity index (χ2n) is 5.38. The van der Waals surface area contributed by atoms with E-state index in [4.69, 9.17) is 10.5 Å². The quantitative estimate of drug-likeness (QED) is 0.748. The van der Waals surface area contributed by atoms with Crippen molar-refractivity contribution in [1.29, 1.82) is 0 Å². The Morgan fingerprint density at radius 1 is 1.33 bits per heavy atom. The van der Waals surface area contributed by atoms with Crippen LogP contribution in [0.2, 0.25) is 0 Å². The van der Waals surface area contributed by atoms with Gasteiger partial charge in [0.15, 0.2) is 0 Å². The first-order valence-corrected chi connectivity index (χ1v) is 6.22. The van der Waals surface area contributed by atoms with Crippen LogP contribution in [-0.4, -0.2) is 42.8 Å². The first kappa shape index (κ1) is 11.4. The number of nitrogens with two attached hydrogens (primary N) is 1. The Labute approximate surface area is 93.0 Å². The van der Waals surface area contributed by atoms with Gasteiger partial charge >= 0.3 is 0 Å². The van der Waals surface area contributed by atoms with Gasteiger partial charge in [0.2, 0.25) is 0 Å². The molecule has 0 spiro atoms. The largest absolute Gasteiger partial charge is 0.381 e. The molecule has 2 aliphatic rings. The highest BCUT2D eigenvalue weighted by Gasteiger charge is 2.42. The summed E-state index contributed by atoms with van der Waals surface area (Å²) in [5.74, 6) is 0.825. The molecule has 88 valence electrons. The lowest BCUT2D eigenvalue weighted by molar-refractivity contribution is -0.0282. The van der Waals surface area contributed by atoms with Gasteiger partial charge in [0.1, 0.15) is 0 Å². The van der Waals surface area contributed by atoms with E-state index in [1.54, 1.807) is 0 Å². The summed E-state index contributed by atoms with van der Waals surface area (Å²) in [7, 11) is 0.